The van der Waals surface area contributed by atoms with Crippen LogP contribution in [0.3, 0.4) is 0 Å². The number of carbonyl (C=O) groups is 1. The standard InChI is InChI=1S/C44H49ClN8O6S/c1-44(2)14-11-32(38(24-44)30-3-5-33(45)6-4-30)28-51-17-19-52(20-18-51)34-7-9-37(41(22-34)59-35-21-31-13-16-47-42(31)49-27-35)43(54)50-60(57,58)36-8-10-39(40(23-36)53(55)56)48-26-29-12-15-46-25-29/h3-10,13,16,21-23,27,29,46,48H,11-12,14-15,17-20,24-26,28H2,1-2H3,(H,47,49)(H,50,54)/t29-/m0/s1. The maximum absolute atomic E-state index is 13.9. The molecule has 1 amide bonds. The molecule has 8 rings (SSSR count). The Morgan fingerprint density at radius 1 is 1.05 bits per heavy atom. The van der Waals surface area contributed by atoms with E-state index < -0.39 is 31.4 Å². The van der Waals surface area contributed by atoms with Crippen molar-refractivity contribution >= 4 is 61.2 Å². The molecule has 14 nitrogen and oxygen atoms in total. The summed E-state index contributed by atoms with van der Waals surface area (Å²) in [5.41, 5.74) is 5.58. The first-order valence-electron chi connectivity index (χ1n) is 20.3. The van der Waals surface area contributed by atoms with Gasteiger partial charge in [-0.05, 0) is 110 Å². The topological polar surface area (TPSA) is 175 Å². The van der Waals surface area contributed by atoms with Crippen molar-refractivity contribution in [3.63, 3.8) is 0 Å². The molecule has 4 heterocycles. The lowest BCUT2D eigenvalue weighted by molar-refractivity contribution is -0.384. The van der Waals surface area contributed by atoms with Crippen LogP contribution in [0.15, 0.2) is 95.7 Å². The van der Waals surface area contributed by atoms with Crippen molar-refractivity contribution in [1.82, 2.24) is 24.9 Å². The van der Waals surface area contributed by atoms with Crippen LogP contribution in [0.1, 0.15) is 55.5 Å². The van der Waals surface area contributed by atoms with E-state index in [2.05, 4.69) is 61.1 Å². The summed E-state index contributed by atoms with van der Waals surface area (Å²) >= 11 is 6.24. The zero-order chi connectivity index (χ0) is 42.0. The molecule has 2 aliphatic heterocycles. The summed E-state index contributed by atoms with van der Waals surface area (Å²) in [5.74, 6) is -0.161. The number of aromatic nitrogens is 2. The number of H-pyrrole nitrogens is 1. The van der Waals surface area contributed by atoms with E-state index in [-0.39, 0.29) is 22.4 Å². The van der Waals surface area contributed by atoms with Crippen LogP contribution in [-0.4, -0.2) is 86.5 Å². The average Bonchev–Trinajstić information content (AvgIpc) is 3.93. The molecule has 2 fully saturated rings. The number of pyridine rings is 1. The van der Waals surface area contributed by atoms with Gasteiger partial charge in [-0.3, -0.25) is 19.8 Å². The number of aromatic amines is 1. The molecule has 1 atom stereocenters. The maximum Gasteiger partial charge on any atom is 0.293 e. The quantitative estimate of drug-likeness (QED) is 0.0671. The highest BCUT2D eigenvalue weighted by atomic mass is 35.5. The number of halogens is 1. The molecule has 2 saturated heterocycles. The third kappa shape index (κ3) is 9.44. The number of allylic oxidation sites excluding steroid dienone is 1. The number of hydrogen-bond donors (Lipinski definition) is 4. The lowest BCUT2D eigenvalue weighted by Gasteiger charge is -2.39. The fourth-order valence-corrected chi connectivity index (χ4v) is 9.45. The van der Waals surface area contributed by atoms with Gasteiger partial charge in [-0.2, -0.15) is 0 Å². The Kier molecular flexibility index (Phi) is 11.9. The van der Waals surface area contributed by atoms with E-state index >= 15 is 0 Å². The number of nitrogens with one attached hydrogen (secondary N) is 4. The van der Waals surface area contributed by atoms with Gasteiger partial charge in [0.15, 0.2) is 0 Å². The Morgan fingerprint density at radius 2 is 1.85 bits per heavy atom. The number of piperazine rings is 1. The molecule has 314 valence electrons. The highest BCUT2D eigenvalue weighted by Crippen LogP contribution is 2.43. The number of nitrogens with zero attached hydrogens (tertiary/aromatic N) is 4. The minimum absolute atomic E-state index is 0.0324. The van der Waals surface area contributed by atoms with E-state index in [1.165, 1.54) is 35.0 Å². The number of sulfonamides is 1. The molecule has 0 unspecified atom stereocenters. The summed E-state index contributed by atoms with van der Waals surface area (Å²) < 4.78 is 35.7. The van der Waals surface area contributed by atoms with Crippen LogP contribution in [0.5, 0.6) is 11.5 Å². The lowest BCUT2D eigenvalue weighted by Crippen LogP contribution is -2.47. The number of hydrogen-bond acceptors (Lipinski definition) is 11. The van der Waals surface area contributed by atoms with E-state index in [4.69, 9.17) is 16.3 Å². The molecular weight excluding hydrogens is 804 g/mol. The number of fused-ring (bicyclic) bond motifs is 1. The van der Waals surface area contributed by atoms with Gasteiger partial charge in [0.05, 0.1) is 21.6 Å². The Hall–Kier alpha value is -5.48. The maximum atomic E-state index is 13.9. The predicted molar refractivity (Wildman–Crippen MR) is 234 cm³/mol. The second-order valence-electron chi connectivity index (χ2n) is 16.7. The zero-order valence-electron chi connectivity index (χ0n) is 33.7. The molecule has 2 aromatic heterocycles. The highest BCUT2D eigenvalue weighted by Gasteiger charge is 2.30. The molecular formula is C44H49ClN8O6S. The number of nitro benzene ring substituents is 1. The second kappa shape index (κ2) is 17.2. The normalized spacial score (nSPS) is 18.4. The van der Waals surface area contributed by atoms with Gasteiger partial charge in [0.2, 0.25) is 0 Å². The molecule has 60 heavy (non-hydrogen) atoms. The van der Waals surface area contributed by atoms with E-state index in [1.807, 2.05) is 18.2 Å². The molecule has 0 bridgehead atoms. The minimum Gasteiger partial charge on any atom is -0.455 e. The van der Waals surface area contributed by atoms with E-state index in [1.54, 1.807) is 30.5 Å². The molecule has 5 aromatic rings. The van der Waals surface area contributed by atoms with Crippen molar-refractivity contribution in [1.29, 1.82) is 0 Å². The monoisotopic (exact) mass is 852 g/mol. The largest absolute Gasteiger partial charge is 0.455 e. The van der Waals surface area contributed by atoms with Gasteiger partial charge < -0.3 is 25.3 Å². The Morgan fingerprint density at radius 3 is 2.60 bits per heavy atom. The summed E-state index contributed by atoms with van der Waals surface area (Å²) in [6, 6.07) is 20.4. The van der Waals surface area contributed by atoms with Crippen molar-refractivity contribution in [2.75, 3.05) is 62.6 Å². The molecule has 16 heteroatoms. The first kappa shape index (κ1) is 41.3. The summed E-state index contributed by atoms with van der Waals surface area (Å²) in [6.07, 6.45) is 7.42. The fraction of sp³-hybridized carbons (Fsp3) is 0.364. The predicted octanol–water partition coefficient (Wildman–Crippen LogP) is 7.84. The van der Waals surface area contributed by atoms with Gasteiger partial charge in [0.25, 0.3) is 21.6 Å². The van der Waals surface area contributed by atoms with Gasteiger partial charge in [-0.15, -0.1) is 0 Å². The molecule has 0 saturated carbocycles. The molecule has 3 aliphatic rings. The SMILES string of the molecule is CC1(C)CCC(CN2CCN(c3ccc(C(=O)NS(=O)(=O)c4ccc(NC[C@H]5CCNC5)c([N+](=O)[O-])c4)c(Oc4cnc5[nH]ccc5c4)c3)CC2)=C(c2ccc(Cl)cc2)C1. The fourth-order valence-electron chi connectivity index (χ4n) is 8.34. The van der Waals surface area contributed by atoms with E-state index in [9.17, 15) is 23.3 Å². The van der Waals surface area contributed by atoms with Crippen LogP contribution in [0, 0.1) is 21.4 Å². The number of anilines is 2. The highest BCUT2D eigenvalue weighted by molar-refractivity contribution is 7.90. The van der Waals surface area contributed by atoms with Crippen molar-refractivity contribution in [3.8, 4) is 11.5 Å². The van der Waals surface area contributed by atoms with Crippen molar-refractivity contribution in [2.24, 2.45) is 11.3 Å². The smallest absolute Gasteiger partial charge is 0.293 e. The Labute approximate surface area is 354 Å². The first-order valence-corrected chi connectivity index (χ1v) is 22.2. The molecule has 3 aromatic carbocycles. The van der Waals surface area contributed by atoms with Crippen LogP contribution < -0.4 is 25.0 Å². The zero-order valence-corrected chi connectivity index (χ0v) is 35.2. The number of carbonyl (C=O) groups excluding carboxylic acids is 1. The van der Waals surface area contributed by atoms with E-state index in [0.29, 0.717) is 23.9 Å². The van der Waals surface area contributed by atoms with Crippen LogP contribution in [0.2, 0.25) is 5.02 Å². The van der Waals surface area contributed by atoms with Gasteiger partial charge in [0.1, 0.15) is 22.8 Å². The lowest BCUT2D eigenvalue weighted by atomic mass is 9.72. The van der Waals surface area contributed by atoms with Gasteiger partial charge >= 0.3 is 0 Å². The van der Waals surface area contributed by atoms with Crippen LogP contribution in [-0.2, 0) is 10.0 Å². The molecule has 1 aliphatic carbocycles. The van der Waals surface area contributed by atoms with Crippen LogP contribution in [0.25, 0.3) is 16.6 Å². The first-order chi connectivity index (χ1) is 28.8. The minimum atomic E-state index is -4.54. The Bertz CT molecular complexity index is 2550. The van der Waals surface area contributed by atoms with Crippen molar-refractivity contribution in [2.45, 2.75) is 44.4 Å². The average molecular weight is 853 g/mol. The molecule has 0 spiro atoms. The third-order valence-corrected chi connectivity index (χ3v) is 13.4. The number of rotatable bonds is 13. The number of benzene rings is 3. The van der Waals surface area contributed by atoms with Crippen LogP contribution in [0.4, 0.5) is 17.1 Å². The summed E-state index contributed by atoms with van der Waals surface area (Å²) in [7, 11) is -4.54. The van der Waals surface area contributed by atoms with Crippen LogP contribution >= 0.6 is 11.6 Å². The number of nitro groups is 1. The molecule has 0 radical (unpaired) electrons. The van der Waals surface area contributed by atoms with Gasteiger partial charge in [-0.25, -0.2) is 18.1 Å². The van der Waals surface area contributed by atoms with Crippen molar-refractivity contribution in [3.05, 3.63) is 117 Å². The summed E-state index contributed by atoms with van der Waals surface area (Å²) in [4.78, 5) is 37.0. The Balaban J connectivity index is 1.01. The van der Waals surface area contributed by atoms with Gasteiger partial charge in [-0.1, -0.05) is 43.2 Å². The summed E-state index contributed by atoms with van der Waals surface area (Å²) in [5, 5.41) is 19.9. The van der Waals surface area contributed by atoms with E-state index in [0.717, 1.165) is 93.7 Å². The molecule has 4 N–H and O–H groups in total. The van der Waals surface area contributed by atoms with Crippen molar-refractivity contribution < 1.29 is 22.9 Å². The van der Waals surface area contributed by atoms with Gasteiger partial charge in [0, 0.05) is 73.7 Å². The second-order valence-corrected chi connectivity index (χ2v) is 18.8. The number of amides is 1. The summed E-state index contributed by atoms with van der Waals surface area (Å²) in [6.45, 7) is 10.8. The third-order valence-electron chi connectivity index (χ3n) is 11.8. The number of ether oxygens (including phenoxy) is 1.